The highest BCUT2D eigenvalue weighted by Gasteiger charge is 2.13. The van der Waals surface area contributed by atoms with Crippen molar-refractivity contribution in [2.45, 2.75) is 0 Å². The third-order valence-electron chi connectivity index (χ3n) is 1.89. The maximum atomic E-state index is 5.36. The van der Waals surface area contributed by atoms with Gasteiger partial charge in [-0.15, -0.1) is 10.2 Å². The molecule has 0 fully saturated rings. The Morgan fingerprint density at radius 2 is 1.33 bits per heavy atom. The fourth-order valence-corrected chi connectivity index (χ4v) is 1.22. The van der Waals surface area contributed by atoms with Gasteiger partial charge in [0.05, 0.1) is 12.5 Å². The summed E-state index contributed by atoms with van der Waals surface area (Å²) in [5.74, 6) is 1.76. The van der Waals surface area contributed by atoms with Gasteiger partial charge in [-0.3, -0.25) is 0 Å². The maximum Gasteiger partial charge on any atom is 0.283 e. The first-order chi connectivity index (χ1) is 7.43. The van der Waals surface area contributed by atoms with Crippen molar-refractivity contribution < 1.29 is 13.3 Å². The molecule has 0 aliphatic rings. The molecule has 74 valence electrons. The predicted octanol–water partition coefficient (Wildman–Crippen LogP) is 2.59. The average Bonchev–Trinajstić information content (AvgIpc) is 3.02. The van der Waals surface area contributed by atoms with Crippen molar-refractivity contribution in [3.05, 3.63) is 36.8 Å². The molecule has 0 saturated carbocycles. The van der Waals surface area contributed by atoms with Gasteiger partial charge in [0.1, 0.15) is 0 Å². The van der Waals surface area contributed by atoms with E-state index < -0.39 is 0 Å². The molecule has 0 amide bonds. The van der Waals surface area contributed by atoms with Crippen LogP contribution in [-0.4, -0.2) is 10.2 Å². The second kappa shape index (κ2) is 3.13. The summed E-state index contributed by atoms with van der Waals surface area (Å²) in [6.07, 6.45) is 3.10. The van der Waals surface area contributed by atoms with Crippen LogP contribution in [-0.2, 0) is 0 Å². The summed E-state index contributed by atoms with van der Waals surface area (Å²) < 4.78 is 15.6. The van der Waals surface area contributed by atoms with E-state index in [1.807, 2.05) is 0 Å². The van der Waals surface area contributed by atoms with Gasteiger partial charge in [-0.05, 0) is 24.3 Å². The summed E-state index contributed by atoms with van der Waals surface area (Å²) >= 11 is 0. The summed E-state index contributed by atoms with van der Waals surface area (Å²) in [4.78, 5) is 0. The Morgan fingerprint density at radius 1 is 0.800 bits per heavy atom. The molecule has 0 N–H and O–H groups in total. The first-order valence-electron chi connectivity index (χ1n) is 4.35. The highest BCUT2D eigenvalue weighted by molar-refractivity contribution is 5.48. The molecule has 0 aliphatic carbocycles. The number of nitrogens with zero attached hydrogens (tertiary/aromatic N) is 2. The quantitative estimate of drug-likeness (QED) is 0.638. The van der Waals surface area contributed by atoms with E-state index in [0.717, 1.165) is 0 Å². The number of rotatable bonds is 2. The highest BCUT2D eigenvalue weighted by atomic mass is 16.4. The third kappa shape index (κ3) is 1.34. The second-order valence-corrected chi connectivity index (χ2v) is 2.87. The van der Waals surface area contributed by atoms with E-state index in [0.29, 0.717) is 23.3 Å². The van der Waals surface area contributed by atoms with E-state index in [2.05, 4.69) is 10.2 Å². The molecule has 5 heteroatoms. The molecule has 0 saturated heterocycles. The zero-order valence-electron chi connectivity index (χ0n) is 7.58. The largest absolute Gasteiger partial charge is 0.459 e. The van der Waals surface area contributed by atoms with Crippen LogP contribution in [0.2, 0.25) is 0 Å². The van der Waals surface area contributed by atoms with Crippen LogP contribution in [0.1, 0.15) is 0 Å². The molecule has 3 aromatic heterocycles. The van der Waals surface area contributed by atoms with E-state index in [4.69, 9.17) is 13.3 Å². The van der Waals surface area contributed by atoms with Crippen LogP contribution in [0.5, 0.6) is 0 Å². The lowest BCUT2D eigenvalue weighted by atomic mass is 10.4. The van der Waals surface area contributed by atoms with E-state index in [1.165, 1.54) is 0 Å². The van der Waals surface area contributed by atoms with Crippen molar-refractivity contribution in [3.63, 3.8) is 0 Å². The van der Waals surface area contributed by atoms with Crippen LogP contribution in [0.4, 0.5) is 0 Å². The summed E-state index contributed by atoms with van der Waals surface area (Å²) in [5, 5.41) is 7.69. The average molecular weight is 202 g/mol. The van der Waals surface area contributed by atoms with Crippen LogP contribution < -0.4 is 0 Å². The lowest BCUT2D eigenvalue weighted by Gasteiger charge is -1.86. The molecule has 3 heterocycles. The van der Waals surface area contributed by atoms with Crippen molar-refractivity contribution in [2.75, 3.05) is 0 Å². The molecule has 3 rings (SSSR count). The molecule has 0 atom stereocenters. The minimum atomic E-state index is 0.339. The SMILES string of the molecule is c1coc(-c2nnc(-c3ccco3)o2)c1. The van der Waals surface area contributed by atoms with Crippen molar-refractivity contribution in [1.82, 2.24) is 10.2 Å². The second-order valence-electron chi connectivity index (χ2n) is 2.87. The van der Waals surface area contributed by atoms with Gasteiger partial charge in [0, 0.05) is 0 Å². The number of aromatic nitrogens is 2. The Bertz CT molecular complexity index is 488. The smallest absolute Gasteiger partial charge is 0.283 e. The van der Waals surface area contributed by atoms with E-state index in [9.17, 15) is 0 Å². The summed E-state index contributed by atoms with van der Waals surface area (Å²) in [7, 11) is 0. The van der Waals surface area contributed by atoms with Gasteiger partial charge < -0.3 is 13.3 Å². The van der Waals surface area contributed by atoms with Gasteiger partial charge in [0.15, 0.2) is 11.5 Å². The fraction of sp³-hybridized carbons (Fsp3) is 0. The van der Waals surface area contributed by atoms with Gasteiger partial charge in [-0.2, -0.15) is 0 Å². The number of hydrogen-bond donors (Lipinski definition) is 0. The third-order valence-corrected chi connectivity index (χ3v) is 1.89. The van der Waals surface area contributed by atoms with Gasteiger partial charge >= 0.3 is 0 Å². The van der Waals surface area contributed by atoms with Gasteiger partial charge in [0.2, 0.25) is 0 Å². The normalized spacial score (nSPS) is 10.7. The molecule has 0 aromatic carbocycles. The van der Waals surface area contributed by atoms with E-state index in [1.54, 1.807) is 36.8 Å². The van der Waals surface area contributed by atoms with Crippen LogP contribution in [0, 0.1) is 0 Å². The molecule has 0 spiro atoms. The molecule has 5 nitrogen and oxygen atoms in total. The molecular formula is C10H6N2O3. The predicted molar refractivity (Wildman–Crippen MR) is 49.7 cm³/mol. The van der Waals surface area contributed by atoms with Crippen molar-refractivity contribution in [3.8, 4) is 23.3 Å². The zero-order valence-corrected chi connectivity index (χ0v) is 7.58. The van der Waals surface area contributed by atoms with Crippen LogP contribution in [0.25, 0.3) is 23.3 Å². The van der Waals surface area contributed by atoms with E-state index >= 15 is 0 Å². The van der Waals surface area contributed by atoms with Crippen LogP contribution >= 0.6 is 0 Å². The van der Waals surface area contributed by atoms with Gasteiger partial charge in [-0.25, -0.2) is 0 Å². The highest BCUT2D eigenvalue weighted by Crippen LogP contribution is 2.23. The fourth-order valence-electron chi connectivity index (χ4n) is 1.22. The van der Waals surface area contributed by atoms with Crippen LogP contribution in [0.3, 0.4) is 0 Å². The summed E-state index contributed by atoms with van der Waals surface area (Å²) in [6, 6.07) is 7.01. The topological polar surface area (TPSA) is 65.2 Å². The van der Waals surface area contributed by atoms with Crippen LogP contribution in [0.15, 0.2) is 50.0 Å². The Hall–Kier alpha value is -2.30. The lowest BCUT2D eigenvalue weighted by Crippen LogP contribution is -1.72. The lowest BCUT2D eigenvalue weighted by molar-refractivity contribution is 0.501. The van der Waals surface area contributed by atoms with Crippen molar-refractivity contribution >= 4 is 0 Å². The molecule has 0 radical (unpaired) electrons. The van der Waals surface area contributed by atoms with Gasteiger partial charge in [0.25, 0.3) is 11.8 Å². The Labute approximate surface area is 84.3 Å². The first-order valence-corrected chi connectivity index (χ1v) is 4.35. The molecule has 0 aliphatic heterocycles. The minimum Gasteiger partial charge on any atom is -0.459 e. The molecule has 3 aromatic rings. The zero-order chi connectivity index (χ0) is 10.1. The van der Waals surface area contributed by atoms with E-state index in [-0.39, 0.29) is 0 Å². The molecule has 15 heavy (non-hydrogen) atoms. The van der Waals surface area contributed by atoms with Crippen molar-refractivity contribution in [1.29, 1.82) is 0 Å². The monoisotopic (exact) mass is 202 g/mol. The molecule has 0 bridgehead atoms. The summed E-state index contributed by atoms with van der Waals surface area (Å²) in [6.45, 7) is 0. The molecular weight excluding hydrogens is 196 g/mol. The maximum absolute atomic E-state index is 5.36. The van der Waals surface area contributed by atoms with Crippen molar-refractivity contribution in [2.24, 2.45) is 0 Å². The molecule has 0 unspecified atom stereocenters. The Morgan fingerprint density at radius 3 is 1.73 bits per heavy atom. The van der Waals surface area contributed by atoms with Gasteiger partial charge in [-0.1, -0.05) is 0 Å². The first kappa shape index (κ1) is 8.05. The Balaban J connectivity index is 2.02. The number of furan rings is 2. The minimum absolute atomic E-state index is 0.339. The summed E-state index contributed by atoms with van der Waals surface area (Å²) in [5.41, 5.74) is 0. The Kier molecular flexibility index (Phi) is 1.68. The number of hydrogen-bond acceptors (Lipinski definition) is 5. The standard InChI is InChI=1S/C10H6N2O3/c1-3-7(13-5-1)9-11-12-10(15-9)8-4-2-6-14-8/h1-6H.